The Hall–Kier alpha value is -1.29. The third-order valence-electron chi connectivity index (χ3n) is 2.33. The Labute approximate surface area is 84.4 Å². The molecule has 0 amide bonds. The Balaban J connectivity index is 2.95. The van der Waals surface area contributed by atoms with Crippen molar-refractivity contribution in [1.82, 2.24) is 4.98 Å². The normalized spacial score (nSPS) is 12.6. The molecule has 0 spiro atoms. The van der Waals surface area contributed by atoms with Crippen LogP contribution >= 0.6 is 0 Å². The number of likely N-dealkylation sites (N-methyl/N-ethyl adjacent to an activating group) is 1. The number of aliphatic hydroxyl groups excluding tert-OH is 1. The first-order chi connectivity index (χ1) is 6.56. The highest BCUT2D eigenvalue weighted by atomic mass is 16.3. The SMILES string of the molecule is Cc1cc(N)cnc1N(C)C(C)CO. The van der Waals surface area contributed by atoms with Crippen LogP contribution in [-0.2, 0) is 0 Å². The van der Waals surface area contributed by atoms with Gasteiger partial charge in [0.15, 0.2) is 0 Å². The molecule has 3 N–H and O–H groups in total. The number of nitrogens with two attached hydrogens (primary N) is 1. The van der Waals surface area contributed by atoms with Gasteiger partial charge >= 0.3 is 0 Å². The molecule has 0 radical (unpaired) electrons. The second-order valence-electron chi connectivity index (χ2n) is 3.55. The third kappa shape index (κ3) is 2.14. The number of aryl methyl sites for hydroxylation is 1. The summed E-state index contributed by atoms with van der Waals surface area (Å²) in [5.41, 5.74) is 7.29. The van der Waals surface area contributed by atoms with E-state index in [9.17, 15) is 0 Å². The summed E-state index contributed by atoms with van der Waals surface area (Å²) in [7, 11) is 1.91. The van der Waals surface area contributed by atoms with E-state index in [2.05, 4.69) is 4.98 Å². The van der Waals surface area contributed by atoms with E-state index < -0.39 is 0 Å². The van der Waals surface area contributed by atoms with Gasteiger partial charge in [-0.2, -0.15) is 0 Å². The molecule has 1 atom stereocenters. The maximum Gasteiger partial charge on any atom is 0.131 e. The predicted molar refractivity (Wildman–Crippen MR) is 58.3 cm³/mol. The highest BCUT2D eigenvalue weighted by molar-refractivity contribution is 5.52. The van der Waals surface area contributed by atoms with E-state index in [1.165, 1.54) is 0 Å². The molecule has 0 aliphatic rings. The van der Waals surface area contributed by atoms with Gasteiger partial charge in [-0.05, 0) is 25.5 Å². The number of pyridine rings is 1. The molecule has 78 valence electrons. The van der Waals surface area contributed by atoms with Crippen LogP contribution in [0.3, 0.4) is 0 Å². The number of hydrogen-bond donors (Lipinski definition) is 2. The van der Waals surface area contributed by atoms with E-state index >= 15 is 0 Å². The highest BCUT2D eigenvalue weighted by Gasteiger charge is 2.12. The van der Waals surface area contributed by atoms with Crippen molar-refractivity contribution in [1.29, 1.82) is 0 Å². The summed E-state index contributed by atoms with van der Waals surface area (Å²) >= 11 is 0. The first-order valence-corrected chi connectivity index (χ1v) is 4.62. The molecule has 0 bridgehead atoms. The van der Waals surface area contributed by atoms with Crippen LogP contribution in [-0.4, -0.2) is 29.8 Å². The third-order valence-corrected chi connectivity index (χ3v) is 2.33. The quantitative estimate of drug-likeness (QED) is 0.748. The van der Waals surface area contributed by atoms with Gasteiger partial charge in [-0.25, -0.2) is 4.98 Å². The van der Waals surface area contributed by atoms with Crippen molar-refractivity contribution in [3.8, 4) is 0 Å². The maximum atomic E-state index is 9.02. The standard InChI is InChI=1S/C10H17N3O/c1-7-4-9(11)5-12-10(7)13(3)8(2)6-14/h4-5,8,14H,6,11H2,1-3H3. The fraction of sp³-hybridized carbons (Fsp3) is 0.500. The Kier molecular flexibility index (Phi) is 3.30. The average Bonchev–Trinajstić information content (AvgIpc) is 2.15. The molecule has 1 aromatic heterocycles. The molecule has 1 heterocycles. The number of anilines is 2. The Morgan fingerprint density at radius 2 is 2.29 bits per heavy atom. The van der Waals surface area contributed by atoms with Crippen LogP contribution in [0.5, 0.6) is 0 Å². The summed E-state index contributed by atoms with van der Waals surface area (Å²) < 4.78 is 0. The van der Waals surface area contributed by atoms with E-state index in [-0.39, 0.29) is 12.6 Å². The number of aliphatic hydroxyl groups is 1. The van der Waals surface area contributed by atoms with Gasteiger partial charge in [0.1, 0.15) is 5.82 Å². The number of nitrogens with zero attached hydrogens (tertiary/aromatic N) is 2. The largest absolute Gasteiger partial charge is 0.397 e. The predicted octanol–water partition coefficient (Wildman–Crippen LogP) is 0.789. The first-order valence-electron chi connectivity index (χ1n) is 4.62. The van der Waals surface area contributed by atoms with Crippen molar-refractivity contribution in [3.05, 3.63) is 17.8 Å². The van der Waals surface area contributed by atoms with Crippen LogP contribution in [0.15, 0.2) is 12.3 Å². The topological polar surface area (TPSA) is 62.4 Å². The lowest BCUT2D eigenvalue weighted by Crippen LogP contribution is -2.33. The minimum absolute atomic E-state index is 0.0600. The molecule has 0 saturated heterocycles. The fourth-order valence-corrected chi connectivity index (χ4v) is 1.29. The zero-order valence-electron chi connectivity index (χ0n) is 8.86. The minimum atomic E-state index is 0.0600. The summed E-state index contributed by atoms with van der Waals surface area (Å²) in [6.45, 7) is 4.01. The smallest absolute Gasteiger partial charge is 0.131 e. The van der Waals surface area contributed by atoms with Crippen molar-refractivity contribution in [3.63, 3.8) is 0 Å². The fourth-order valence-electron chi connectivity index (χ4n) is 1.29. The summed E-state index contributed by atoms with van der Waals surface area (Å²) in [4.78, 5) is 6.18. The number of nitrogen functional groups attached to an aromatic ring is 1. The van der Waals surface area contributed by atoms with Crippen molar-refractivity contribution in [2.45, 2.75) is 19.9 Å². The van der Waals surface area contributed by atoms with Crippen LogP contribution in [0.4, 0.5) is 11.5 Å². The van der Waals surface area contributed by atoms with Crippen molar-refractivity contribution < 1.29 is 5.11 Å². The highest BCUT2D eigenvalue weighted by Crippen LogP contribution is 2.19. The second kappa shape index (κ2) is 4.28. The zero-order valence-corrected chi connectivity index (χ0v) is 8.86. The second-order valence-corrected chi connectivity index (χ2v) is 3.55. The molecule has 1 unspecified atom stereocenters. The van der Waals surface area contributed by atoms with Gasteiger partial charge in [-0.3, -0.25) is 0 Å². The van der Waals surface area contributed by atoms with Crippen LogP contribution in [0, 0.1) is 6.92 Å². The lowest BCUT2D eigenvalue weighted by Gasteiger charge is -2.25. The van der Waals surface area contributed by atoms with Crippen LogP contribution < -0.4 is 10.6 Å². The molecule has 0 saturated carbocycles. The van der Waals surface area contributed by atoms with Gasteiger partial charge in [-0.1, -0.05) is 0 Å². The monoisotopic (exact) mass is 195 g/mol. The number of hydrogen-bond acceptors (Lipinski definition) is 4. The first kappa shape index (κ1) is 10.8. The molecule has 0 aliphatic carbocycles. The Bertz CT molecular complexity index is 314. The summed E-state index contributed by atoms with van der Waals surface area (Å²) in [5.74, 6) is 0.862. The Morgan fingerprint density at radius 1 is 1.64 bits per heavy atom. The van der Waals surface area contributed by atoms with Gasteiger partial charge in [-0.15, -0.1) is 0 Å². The molecule has 14 heavy (non-hydrogen) atoms. The molecular formula is C10H17N3O. The van der Waals surface area contributed by atoms with Crippen LogP contribution in [0.2, 0.25) is 0 Å². The molecule has 4 heteroatoms. The summed E-state index contributed by atoms with van der Waals surface area (Å²) in [5, 5.41) is 9.02. The lowest BCUT2D eigenvalue weighted by molar-refractivity contribution is 0.269. The van der Waals surface area contributed by atoms with Gasteiger partial charge in [0.25, 0.3) is 0 Å². The van der Waals surface area contributed by atoms with E-state index in [1.54, 1.807) is 6.20 Å². The van der Waals surface area contributed by atoms with Gasteiger partial charge < -0.3 is 15.7 Å². The van der Waals surface area contributed by atoms with E-state index in [4.69, 9.17) is 10.8 Å². The molecule has 0 fully saturated rings. The number of rotatable bonds is 3. The summed E-state index contributed by atoms with van der Waals surface area (Å²) in [6.07, 6.45) is 1.63. The maximum absolute atomic E-state index is 9.02. The van der Waals surface area contributed by atoms with Crippen molar-refractivity contribution in [2.75, 3.05) is 24.3 Å². The van der Waals surface area contributed by atoms with E-state index in [0.717, 1.165) is 11.4 Å². The molecule has 1 rings (SSSR count). The van der Waals surface area contributed by atoms with Gasteiger partial charge in [0.2, 0.25) is 0 Å². The van der Waals surface area contributed by atoms with Gasteiger partial charge in [0, 0.05) is 7.05 Å². The molecular weight excluding hydrogens is 178 g/mol. The molecule has 0 aromatic carbocycles. The molecule has 1 aromatic rings. The Morgan fingerprint density at radius 3 is 2.79 bits per heavy atom. The zero-order chi connectivity index (χ0) is 10.7. The molecule has 0 aliphatic heterocycles. The molecule has 4 nitrogen and oxygen atoms in total. The lowest BCUT2D eigenvalue weighted by atomic mass is 10.2. The van der Waals surface area contributed by atoms with Crippen molar-refractivity contribution in [2.24, 2.45) is 0 Å². The van der Waals surface area contributed by atoms with E-state index in [1.807, 2.05) is 31.9 Å². The van der Waals surface area contributed by atoms with E-state index in [0.29, 0.717) is 5.69 Å². The number of aromatic nitrogens is 1. The minimum Gasteiger partial charge on any atom is -0.397 e. The van der Waals surface area contributed by atoms with Gasteiger partial charge in [0.05, 0.1) is 24.5 Å². The summed E-state index contributed by atoms with van der Waals surface area (Å²) in [6, 6.07) is 1.94. The van der Waals surface area contributed by atoms with Crippen molar-refractivity contribution >= 4 is 11.5 Å². The van der Waals surface area contributed by atoms with Crippen LogP contribution in [0.25, 0.3) is 0 Å². The van der Waals surface area contributed by atoms with Crippen LogP contribution in [0.1, 0.15) is 12.5 Å². The average molecular weight is 195 g/mol.